The number of benzene rings is 1. The van der Waals surface area contributed by atoms with Gasteiger partial charge in [-0.1, -0.05) is 6.07 Å². The van der Waals surface area contributed by atoms with Crippen LogP contribution in [0.5, 0.6) is 5.75 Å². The van der Waals surface area contributed by atoms with Crippen molar-refractivity contribution in [2.75, 3.05) is 18.4 Å². The number of nitriles is 1. The fourth-order valence-corrected chi connectivity index (χ4v) is 3.12. The van der Waals surface area contributed by atoms with Crippen LogP contribution >= 0.6 is 12.4 Å². The lowest BCUT2D eigenvalue weighted by Crippen LogP contribution is -2.52. The minimum Gasteiger partial charge on any atom is -0.483 e. The van der Waals surface area contributed by atoms with E-state index in [0.717, 1.165) is 0 Å². The van der Waals surface area contributed by atoms with Crippen LogP contribution in [-0.2, 0) is 0 Å². The first-order valence-corrected chi connectivity index (χ1v) is 9.36. The average Bonchev–Trinajstić information content (AvgIpc) is 2.76. The molecule has 7 nitrogen and oxygen atoms in total. The number of halogens is 3. The molecule has 1 unspecified atom stereocenters. The lowest BCUT2D eigenvalue weighted by molar-refractivity contribution is -0.109. The predicted octanol–water partition coefficient (Wildman–Crippen LogP) is 3.95. The first-order chi connectivity index (χ1) is 14.5. The Morgan fingerprint density at radius 1 is 1.16 bits per heavy atom. The average molecular weight is 445 g/mol. The van der Waals surface area contributed by atoms with Crippen molar-refractivity contribution in [3.8, 4) is 23.1 Å². The molecule has 1 aliphatic heterocycles. The van der Waals surface area contributed by atoms with E-state index in [-0.39, 0.29) is 30.1 Å². The van der Waals surface area contributed by atoms with E-state index in [1.54, 1.807) is 42.7 Å². The topological polar surface area (TPSA) is 95.8 Å². The van der Waals surface area contributed by atoms with Crippen LogP contribution in [0.15, 0.2) is 54.9 Å². The molecule has 0 bridgehead atoms. The second-order valence-electron chi connectivity index (χ2n) is 6.76. The van der Waals surface area contributed by atoms with E-state index in [1.807, 2.05) is 12.1 Å². The summed E-state index contributed by atoms with van der Waals surface area (Å²) in [6.07, 6.45) is 2.12. The van der Waals surface area contributed by atoms with E-state index in [4.69, 9.17) is 4.74 Å². The number of alkyl halides is 2. The van der Waals surface area contributed by atoms with Crippen molar-refractivity contribution < 1.29 is 13.5 Å². The molecule has 0 amide bonds. The van der Waals surface area contributed by atoms with E-state index in [1.165, 1.54) is 6.07 Å². The van der Waals surface area contributed by atoms with Crippen LogP contribution in [0.2, 0.25) is 0 Å². The number of piperidine rings is 1. The minimum atomic E-state index is -3.00. The third-order valence-electron chi connectivity index (χ3n) is 4.64. The number of ether oxygens (including phenoxy) is 1. The van der Waals surface area contributed by atoms with Crippen LogP contribution < -0.4 is 15.4 Å². The Hall–Kier alpha value is -3.35. The highest BCUT2D eigenvalue weighted by Gasteiger charge is 2.43. The molecule has 3 heterocycles. The van der Waals surface area contributed by atoms with Gasteiger partial charge in [-0.3, -0.25) is 0 Å². The molecule has 10 heteroatoms. The van der Waals surface area contributed by atoms with Gasteiger partial charge in [0.05, 0.1) is 17.8 Å². The molecule has 0 saturated carbocycles. The summed E-state index contributed by atoms with van der Waals surface area (Å²) in [5.74, 6) is -1.92. The first-order valence-electron chi connectivity index (χ1n) is 9.36. The normalized spacial score (nSPS) is 17.1. The third-order valence-corrected chi connectivity index (χ3v) is 4.64. The van der Waals surface area contributed by atoms with Gasteiger partial charge in [-0.15, -0.1) is 12.4 Å². The van der Waals surface area contributed by atoms with Crippen molar-refractivity contribution in [2.45, 2.75) is 18.4 Å². The monoisotopic (exact) mass is 444 g/mol. The Morgan fingerprint density at radius 2 is 2.03 bits per heavy atom. The minimum absolute atomic E-state index is 0. The number of nitrogens with one attached hydrogen (secondary N) is 2. The summed E-state index contributed by atoms with van der Waals surface area (Å²) >= 11 is 0. The smallest absolute Gasteiger partial charge is 0.296 e. The molecule has 3 aromatic rings. The Balaban J connectivity index is 0.00000272. The Labute approximate surface area is 183 Å². The molecule has 2 N–H and O–H groups in total. The van der Waals surface area contributed by atoms with Crippen LogP contribution in [0.4, 0.5) is 20.5 Å². The van der Waals surface area contributed by atoms with E-state index < -0.39 is 18.6 Å². The fraction of sp³-hybridized carbons (Fsp3) is 0.238. The zero-order valence-corrected chi connectivity index (χ0v) is 17.1. The molecule has 2 aromatic heterocycles. The van der Waals surface area contributed by atoms with Crippen molar-refractivity contribution >= 4 is 24.2 Å². The van der Waals surface area contributed by atoms with Gasteiger partial charge in [-0.25, -0.2) is 23.7 Å². The van der Waals surface area contributed by atoms with E-state index in [2.05, 4.69) is 25.6 Å². The molecule has 1 aliphatic rings. The Kier molecular flexibility index (Phi) is 6.95. The maximum absolute atomic E-state index is 14.1. The van der Waals surface area contributed by atoms with E-state index in [9.17, 15) is 14.0 Å². The zero-order chi connectivity index (χ0) is 21.0. The summed E-state index contributed by atoms with van der Waals surface area (Å²) in [6, 6.07) is 13.9. The van der Waals surface area contributed by atoms with Gasteiger partial charge < -0.3 is 15.4 Å². The third kappa shape index (κ3) is 5.23. The zero-order valence-electron chi connectivity index (χ0n) is 16.3. The molecule has 4 rings (SSSR count). The van der Waals surface area contributed by atoms with Gasteiger partial charge in [0.1, 0.15) is 17.6 Å². The molecule has 1 aromatic carbocycles. The molecular formula is C21H19ClF2N6O. The van der Waals surface area contributed by atoms with Gasteiger partial charge in [-0.2, -0.15) is 5.26 Å². The molecule has 0 spiro atoms. The molecule has 31 heavy (non-hydrogen) atoms. The van der Waals surface area contributed by atoms with Crippen LogP contribution in [0.25, 0.3) is 11.3 Å². The van der Waals surface area contributed by atoms with Gasteiger partial charge >= 0.3 is 0 Å². The van der Waals surface area contributed by atoms with Crippen LogP contribution in [0, 0.1) is 11.3 Å². The quantitative estimate of drug-likeness (QED) is 0.615. The second kappa shape index (κ2) is 9.64. The fourth-order valence-electron chi connectivity index (χ4n) is 3.12. The molecule has 0 aliphatic carbocycles. The lowest BCUT2D eigenvalue weighted by atomic mass is 10.0. The van der Waals surface area contributed by atoms with Crippen LogP contribution in [0.1, 0.15) is 12.0 Å². The van der Waals surface area contributed by atoms with Crippen molar-refractivity contribution in [1.82, 2.24) is 20.3 Å². The van der Waals surface area contributed by atoms with Crippen molar-refractivity contribution in [2.24, 2.45) is 0 Å². The Morgan fingerprint density at radius 3 is 2.77 bits per heavy atom. The first kappa shape index (κ1) is 22.3. The molecule has 1 fully saturated rings. The maximum Gasteiger partial charge on any atom is 0.296 e. The highest BCUT2D eigenvalue weighted by molar-refractivity contribution is 5.85. The number of rotatable bonds is 5. The number of anilines is 2. The Bertz CT molecular complexity index is 1080. The number of pyridine rings is 1. The molecule has 1 saturated heterocycles. The molecular weight excluding hydrogens is 426 g/mol. The second-order valence-corrected chi connectivity index (χ2v) is 6.76. The van der Waals surface area contributed by atoms with Gasteiger partial charge in [0, 0.05) is 24.4 Å². The van der Waals surface area contributed by atoms with Gasteiger partial charge in [0.15, 0.2) is 6.10 Å². The molecule has 0 radical (unpaired) electrons. The van der Waals surface area contributed by atoms with E-state index >= 15 is 0 Å². The largest absolute Gasteiger partial charge is 0.483 e. The number of hydrogen-bond donors (Lipinski definition) is 2. The standard InChI is InChI=1S/C21H18F2N6O.ClH/c22-21(23)13-25-9-7-18(21)30-17-5-4-14(11-15(17)12-24)16-6-10-27-20(28-16)29-19-3-1-2-8-26-19;/h1-6,8,10-11,18,25H,7,9,13H2,(H,26,27,28,29);1H. The van der Waals surface area contributed by atoms with E-state index in [0.29, 0.717) is 29.6 Å². The number of nitrogens with zero attached hydrogens (tertiary/aromatic N) is 4. The van der Waals surface area contributed by atoms with Gasteiger partial charge in [0.25, 0.3) is 5.92 Å². The molecule has 160 valence electrons. The SMILES string of the molecule is Cl.N#Cc1cc(-c2ccnc(Nc3ccccn3)n2)ccc1OC1CCNCC1(F)F. The number of hydrogen-bond acceptors (Lipinski definition) is 7. The van der Waals surface area contributed by atoms with Crippen molar-refractivity contribution in [1.29, 1.82) is 5.26 Å². The number of aromatic nitrogens is 3. The van der Waals surface area contributed by atoms with Crippen molar-refractivity contribution in [3.63, 3.8) is 0 Å². The summed E-state index contributed by atoms with van der Waals surface area (Å²) in [7, 11) is 0. The van der Waals surface area contributed by atoms with Crippen molar-refractivity contribution in [3.05, 3.63) is 60.4 Å². The predicted molar refractivity (Wildman–Crippen MR) is 114 cm³/mol. The van der Waals surface area contributed by atoms with Crippen LogP contribution in [-0.4, -0.2) is 40.1 Å². The summed E-state index contributed by atoms with van der Waals surface area (Å²) < 4.78 is 33.6. The maximum atomic E-state index is 14.1. The van der Waals surface area contributed by atoms with Gasteiger partial charge in [0.2, 0.25) is 5.95 Å². The lowest BCUT2D eigenvalue weighted by Gasteiger charge is -2.32. The van der Waals surface area contributed by atoms with Crippen LogP contribution in [0.3, 0.4) is 0 Å². The summed E-state index contributed by atoms with van der Waals surface area (Å²) in [5.41, 5.74) is 1.38. The summed E-state index contributed by atoms with van der Waals surface area (Å²) in [6.45, 7) is -0.00215. The highest BCUT2D eigenvalue weighted by Crippen LogP contribution is 2.31. The van der Waals surface area contributed by atoms with Gasteiger partial charge in [-0.05, 0) is 42.9 Å². The molecule has 1 atom stereocenters. The highest BCUT2D eigenvalue weighted by atomic mass is 35.5. The summed E-state index contributed by atoms with van der Waals surface area (Å²) in [5, 5.41) is 15.2. The summed E-state index contributed by atoms with van der Waals surface area (Å²) in [4.78, 5) is 12.8.